The SMILES string of the molecule is C/C(C#N)=C1/CC(C)C2CC1C2(C)C. The van der Waals surface area contributed by atoms with E-state index in [2.05, 4.69) is 26.8 Å². The lowest BCUT2D eigenvalue weighted by Crippen LogP contribution is -2.53. The largest absolute Gasteiger partial charge is 0.193 e. The summed E-state index contributed by atoms with van der Waals surface area (Å²) >= 11 is 0. The molecule has 3 fully saturated rings. The fourth-order valence-electron chi connectivity index (χ4n) is 3.63. The van der Waals surface area contributed by atoms with Crippen LogP contribution in [0.25, 0.3) is 0 Å². The molecule has 3 aliphatic carbocycles. The number of nitriles is 1. The molecule has 0 saturated heterocycles. The van der Waals surface area contributed by atoms with Gasteiger partial charge in [0.1, 0.15) is 0 Å². The van der Waals surface area contributed by atoms with Crippen LogP contribution < -0.4 is 0 Å². The van der Waals surface area contributed by atoms with Crippen molar-refractivity contribution in [3.63, 3.8) is 0 Å². The van der Waals surface area contributed by atoms with Crippen molar-refractivity contribution in [3.05, 3.63) is 11.1 Å². The van der Waals surface area contributed by atoms with E-state index in [1.165, 1.54) is 12.0 Å². The Labute approximate surface area is 86.8 Å². The van der Waals surface area contributed by atoms with E-state index >= 15 is 0 Å². The van der Waals surface area contributed by atoms with Gasteiger partial charge in [-0.3, -0.25) is 0 Å². The highest BCUT2D eigenvalue weighted by Crippen LogP contribution is 2.63. The molecule has 2 bridgehead atoms. The third-order valence-electron chi connectivity index (χ3n) is 4.64. The summed E-state index contributed by atoms with van der Waals surface area (Å²) in [5, 5.41) is 8.97. The van der Waals surface area contributed by atoms with Crippen molar-refractivity contribution in [2.75, 3.05) is 0 Å². The van der Waals surface area contributed by atoms with Gasteiger partial charge in [0, 0.05) is 5.57 Å². The molecule has 0 radical (unpaired) electrons. The molecular formula is C13H19N. The molecule has 0 spiro atoms. The number of nitrogens with zero attached hydrogens (tertiary/aromatic N) is 1. The van der Waals surface area contributed by atoms with Crippen LogP contribution >= 0.6 is 0 Å². The van der Waals surface area contributed by atoms with Crippen molar-refractivity contribution in [2.24, 2.45) is 23.2 Å². The quantitative estimate of drug-likeness (QED) is 0.535. The van der Waals surface area contributed by atoms with E-state index < -0.39 is 0 Å². The first-order valence-corrected chi connectivity index (χ1v) is 5.58. The fraction of sp³-hybridized carbons (Fsp3) is 0.769. The third kappa shape index (κ3) is 1.06. The van der Waals surface area contributed by atoms with Crippen LogP contribution in [0.3, 0.4) is 0 Å². The van der Waals surface area contributed by atoms with E-state index in [1.54, 1.807) is 0 Å². The van der Waals surface area contributed by atoms with Gasteiger partial charge in [-0.25, -0.2) is 0 Å². The second-order valence-electron chi connectivity index (χ2n) is 5.66. The van der Waals surface area contributed by atoms with Crippen LogP contribution in [0.4, 0.5) is 0 Å². The van der Waals surface area contributed by atoms with Gasteiger partial charge >= 0.3 is 0 Å². The molecule has 1 heteroatoms. The topological polar surface area (TPSA) is 23.8 Å². The van der Waals surface area contributed by atoms with Crippen molar-refractivity contribution in [1.29, 1.82) is 5.26 Å². The summed E-state index contributed by atoms with van der Waals surface area (Å²) in [6.45, 7) is 9.06. The van der Waals surface area contributed by atoms with Crippen LogP contribution in [0.1, 0.15) is 40.5 Å². The smallest absolute Gasteiger partial charge is 0.0943 e. The van der Waals surface area contributed by atoms with Crippen LogP contribution in [-0.4, -0.2) is 0 Å². The van der Waals surface area contributed by atoms with E-state index in [9.17, 15) is 0 Å². The van der Waals surface area contributed by atoms with Gasteiger partial charge in [0.15, 0.2) is 0 Å². The second-order valence-corrected chi connectivity index (χ2v) is 5.66. The monoisotopic (exact) mass is 189 g/mol. The van der Waals surface area contributed by atoms with Crippen LogP contribution in [0.2, 0.25) is 0 Å². The van der Waals surface area contributed by atoms with Crippen molar-refractivity contribution in [2.45, 2.75) is 40.5 Å². The molecule has 0 amide bonds. The predicted octanol–water partition coefficient (Wildman–Crippen LogP) is 3.53. The maximum absolute atomic E-state index is 8.97. The van der Waals surface area contributed by atoms with Gasteiger partial charge in [-0.1, -0.05) is 26.3 Å². The van der Waals surface area contributed by atoms with E-state index in [4.69, 9.17) is 5.26 Å². The molecule has 3 unspecified atom stereocenters. The Balaban J connectivity index is 2.37. The van der Waals surface area contributed by atoms with E-state index in [-0.39, 0.29) is 0 Å². The zero-order valence-corrected chi connectivity index (χ0v) is 9.59. The Bertz CT molecular complexity index is 330. The molecule has 1 nitrogen and oxygen atoms in total. The van der Waals surface area contributed by atoms with Crippen LogP contribution in [0, 0.1) is 34.5 Å². The molecule has 14 heavy (non-hydrogen) atoms. The highest BCUT2D eigenvalue weighted by atomic mass is 14.6. The average molecular weight is 189 g/mol. The number of fused-ring (bicyclic) bond motifs is 2. The molecule has 0 aromatic rings. The summed E-state index contributed by atoms with van der Waals surface area (Å²) in [6, 6.07) is 2.33. The molecule has 3 rings (SSSR count). The highest BCUT2D eigenvalue weighted by Gasteiger charge is 2.55. The lowest BCUT2D eigenvalue weighted by Gasteiger charge is -2.60. The maximum Gasteiger partial charge on any atom is 0.0943 e. The normalized spacial score (nSPS) is 42.4. The van der Waals surface area contributed by atoms with E-state index in [1.807, 2.05) is 6.92 Å². The number of hydrogen-bond acceptors (Lipinski definition) is 1. The Morgan fingerprint density at radius 2 is 2.14 bits per heavy atom. The van der Waals surface area contributed by atoms with Gasteiger partial charge in [-0.15, -0.1) is 0 Å². The van der Waals surface area contributed by atoms with Crippen molar-refractivity contribution < 1.29 is 0 Å². The minimum absolute atomic E-state index is 0.450. The molecule has 0 heterocycles. The Hall–Kier alpha value is -0.770. The van der Waals surface area contributed by atoms with Gasteiger partial charge in [-0.05, 0) is 42.9 Å². The fourth-order valence-corrected chi connectivity index (χ4v) is 3.63. The zero-order valence-electron chi connectivity index (χ0n) is 9.59. The van der Waals surface area contributed by atoms with Gasteiger partial charge < -0.3 is 0 Å². The summed E-state index contributed by atoms with van der Waals surface area (Å²) in [5.41, 5.74) is 2.88. The van der Waals surface area contributed by atoms with Crippen LogP contribution in [0.15, 0.2) is 11.1 Å². The zero-order chi connectivity index (χ0) is 10.5. The lowest BCUT2D eigenvalue weighted by molar-refractivity contribution is -0.0632. The molecule has 3 aliphatic rings. The van der Waals surface area contributed by atoms with Gasteiger partial charge in [0.05, 0.1) is 6.07 Å². The second kappa shape index (κ2) is 2.86. The lowest BCUT2D eigenvalue weighted by atomic mass is 9.44. The maximum atomic E-state index is 8.97. The third-order valence-corrected chi connectivity index (χ3v) is 4.64. The minimum Gasteiger partial charge on any atom is -0.193 e. The molecular weight excluding hydrogens is 170 g/mol. The summed E-state index contributed by atoms with van der Waals surface area (Å²) in [6.07, 6.45) is 2.49. The number of rotatable bonds is 0. The molecule has 0 N–H and O–H groups in total. The standard InChI is InChI=1S/C13H19N/c1-8-5-10(9(2)7-14)12-6-11(8)13(12,3)4/h8,11-12H,5-6H2,1-4H3/b10-9+. The molecule has 76 valence electrons. The van der Waals surface area contributed by atoms with Gasteiger partial charge in [-0.2, -0.15) is 5.26 Å². The number of allylic oxidation sites excluding steroid dienone is 2. The Kier molecular flexibility index (Phi) is 2.00. The highest BCUT2D eigenvalue weighted by molar-refractivity contribution is 5.34. The van der Waals surface area contributed by atoms with Crippen molar-refractivity contribution in [1.82, 2.24) is 0 Å². The van der Waals surface area contributed by atoms with Gasteiger partial charge in [0.25, 0.3) is 0 Å². The first kappa shape index (κ1) is 9.77. The van der Waals surface area contributed by atoms with Crippen LogP contribution in [0.5, 0.6) is 0 Å². The molecule has 0 aromatic carbocycles. The average Bonchev–Trinajstić information content (AvgIpc) is 2.14. The summed E-state index contributed by atoms with van der Waals surface area (Å²) in [4.78, 5) is 0. The van der Waals surface area contributed by atoms with Gasteiger partial charge in [0.2, 0.25) is 0 Å². The summed E-state index contributed by atoms with van der Waals surface area (Å²) in [7, 11) is 0. The van der Waals surface area contributed by atoms with Crippen molar-refractivity contribution in [3.8, 4) is 6.07 Å². The van der Waals surface area contributed by atoms with Crippen LogP contribution in [-0.2, 0) is 0 Å². The molecule has 3 atom stereocenters. The summed E-state index contributed by atoms with van der Waals surface area (Å²) < 4.78 is 0. The first-order chi connectivity index (χ1) is 6.48. The van der Waals surface area contributed by atoms with E-state index in [0.29, 0.717) is 11.3 Å². The Morgan fingerprint density at radius 3 is 2.57 bits per heavy atom. The Morgan fingerprint density at radius 1 is 1.50 bits per heavy atom. The first-order valence-electron chi connectivity index (χ1n) is 5.58. The summed E-state index contributed by atoms with van der Waals surface area (Å²) in [5.74, 6) is 2.36. The molecule has 3 saturated carbocycles. The van der Waals surface area contributed by atoms with E-state index in [0.717, 1.165) is 23.8 Å². The minimum atomic E-state index is 0.450. The predicted molar refractivity (Wildman–Crippen MR) is 57.5 cm³/mol. The molecule has 0 aromatic heterocycles. The number of hydrogen-bond donors (Lipinski definition) is 0. The van der Waals surface area contributed by atoms with Crippen molar-refractivity contribution >= 4 is 0 Å². The molecule has 0 aliphatic heterocycles.